The molecule has 130 valence electrons. The highest BCUT2D eigenvalue weighted by atomic mass is 16.5. The van der Waals surface area contributed by atoms with Crippen molar-refractivity contribution in [1.29, 1.82) is 0 Å². The number of nitrogens with one attached hydrogen (secondary N) is 1. The number of hydrogen-bond acceptors (Lipinski definition) is 3. The van der Waals surface area contributed by atoms with Crippen LogP contribution in [0.25, 0.3) is 33.5 Å². The number of benzene rings is 1. The summed E-state index contributed by atoms with van der Waals surface area (Å²) in [6, 6.07) is 17.6. The molecule has 4 aromatic rings. The molecule has 0 aliphatic heterocycles. The van der Waals surface area contributed by atoms with E-state index in [0.717, 1.165) is 33.5 Å². The molecule has 0 saturated heterocycles. The van der Waals surface area contributed by atoms with E-state index in [1.54, 1.807) is 6.07 Å². The molecule has 0 aliphatic carbocycles. The molecule has 4 rings (SSSR count). The van der Waals surface area contributed by atoms with E-state index in [1.807, 2.05) is 55.5 Å². The highest BCUT2D eigenvalue weighted by molar-refractivity contribution is 6.02. The zero-order valence-electron chi connectivity index (χ0n) is 15.0. The summed E-state index contributed by atoms with van der Waals surface area (Å²) in [6.45, 7) is 6.05. The minimum Gasteiger partial charge on any atom is -0.356 e. The maximum Gasteiger partial charge on any atom is 0.202 e. The summed E-state index contributed by atoms with van der Waals surface area (Å²) < 4.78 is 5.56. The second-order valence-corrected chi connectivity index (χ2v) is 6.86. The van der Waals surface area contributed by atoms with Crippen molar-refractivity contribution in [2.24, 2.45) is 0 Å². The summed E-state index contributed by atoms with van der Waals surface area (Å²) in [5, 5.41) is 4.88. The lowest BCUT2D eigenvalue weighted by molar-refractivity contribution is 0.427. The van der Waals surface area contributed by atoms with Crippen LogP contribution >= 0.6 is 0 Å². The normalized spacial score (nSPS) is 11.4. The molecule has 4 heteroatoms. The molecule has 0 aliphatic rings. The van der Waals surface area contributed by atoms with E-state index < -0.39 is 0 Å². The smallest absolute Gasteiger partial charge is 0.202 e. The molecule has 0 saturated carbocycles. The van der Waals surface area contributed by atoms with Gasteiger partial charge < -0.3 is 9.51 Å². The molecule has 2 aromatic carbocycles. The standard InChI is InChI=1S/C22H20N2O2/c1-13(2)16-9-10-17-20(19-11-14(3)24-26-19)21(15-7-5-4-6-8-15)23-22(17)18(25)12-16/h4-13,23H,1-3H3. The number of aromatic nitrogens is 2. The number of nitrogens with zero attached hydrogens (tertiary/aromatic N) is 1. The number of rotatable bonds is 3. The molecule has 0 amide bonds. The molecule has 0 atom stereocenters. The van der Waals surface area contributed by atoms with Crippen molar-refractivity contribution in [2.45, 2.75) is 26.7 Å². The monoisotopic (exact) mass is 344 g/mol. The molecule has 1 N–H and O–H groups in total. The highest BCUT2D eigenvalue weighted by Gasteiger charge is 2.19. The molecule has 0 bridgehead atoms. The van der Waals surface area contributed by atoms with Crippen molar-refractivity contribution in [2.75, 3.05) is 0 Å². The lowest BCUT2D eigenvalue weighted by atomic mass is 10.0. The Kier molecular flexibility index (Phi) is 3.96. The van der Waals surface area contributed by atoms with E-state index in [9.17, 15) is 4.79 Å². The molecule has 0 unspecified atom stereocenters. The van der Waals surface area contributed by atoms with Crippen LogP contribution in [0.15, 0.2) is 63.9 Å². The number of aromatic amines is 1. The molecule has 0 spiro atoms. The Morgan fingerprint density at radius 1 is 1.04 bits per heavy atom. The van der Waals surface area contributed by atoms with Gasteiger partial charge in [-0.25, -0.2) is 0 Å². The Bertz CT molecular complexity index is 1140. The van der Waals surface area contributed by atoms with E-state index >= 15 is 0 Å². The first kappa shape index (κ1) is 16.3. The highest BCUT2D eigenvalue weighted by Crippen LogP contribution is 2.37. The third-order valence-corrected chi connectivity index (χ3v) is 4.63. The van der Waals surface area contributed by atoms with Gasteiger partial charge in [-0.2, -0.15) is 0 Å². The van der Waals surface area contributed by atoms with Crippen LogP contribution < -0.4 is 5.43 Å². The average molecular weight is 344 g/mol. The summed E-state index contributed by atoms with van der Waals surface area (Å²) in [4.78, 5) is 16.2. The summed E-state index contributed by atoms with van der Waals surface area (Å²) in [6.07, 6.45) is 0. The number of fused-ring (bicyclic) bond motifs is 1. The summed E-state index contributed by atoms with van der Waals surface area (Å²) in [7, 11) is 0. The van der Waals surface area contributed by atoms with Crippen molar-refractivity contribution >= 4 is 10.9 Å². The SMILES string of the molecule is Cc1cc(-c2c(-c3ccccc3)[nH]c3c(=O)cc(C(C)C)ccc23)on1. The molecule has 0 radical (unpaired) electrons. The second-order valence-electron chi connectivity index (χ2n) is 6.86. The van der Waals surface area contributed by atoms with Crippen LogP contribution in [0.1, 0.15) is 31.0 Å². The van der Waals surface area contributed by atoms with Crippen molar-refractivity contribution in [3.05, 3.63) is 76.1 Å². The van der Waals surface area contributed by atoms with E-state index in [2.05, 4.69) is 24.0 Å². The van der Waals surface area contributed by atoms with Crippen LogP contribution in [0.4, 0.5) is 0 Å². The van der Waals surface area contributed by atoms with Gasteiger partial charge in [-0.05, 0) is 30.0 Å². The molecule has 2 aromatic heterocycles. The van der Waals surface area contributed by atoms with Crippen LogP contribution in [-0.4, -0.2) is 10.1 Å². The molecular formula is C22H20N2O2. The van der Waals surface area contributed by atoms with Gasteiger partial charge in [0.1, 0.15) is 0 Å². The van der Waals surface area contributed by atoms with Gasteiger partial charge in [-0.1, -0.05) is 61.5 Å². The zero-order chi connectivity index (χ0) is 18.3. The fraction of sp³-hybridized carbons (Fsp3) is 0.182. The van der Waals surface area contributed by atoms with E-state index in [0.29, 0.717) is 11.3 Å². The Labute approximate surface area is 151 Å². The van der Waals surface area contributed by atoms with Gasteiger partial charge in [0.15, 0.2) is 5.76 Å². The first-order chi connectivity index (χ1) is 12.5. The van der Waals surface area contributed by atoms with Crippen LogP contribution in [0.5, 0.6) is 0 Å². The second kappa shape index (κ2) is 6.30. The third-order valence-electron chi connectivity index (χ3n) is 4.63. The van der Waals surface area contributed by atoms with Crippen LogP contribution in [-0.2, 0) is 0 Å². The van der Waals surface area contributed by atoms with Crippen LogP contribution in [0, 0.1) is 6.92 Å². The van der Waals surface area contributed by atoms with Crippen LogP contribution in [0.2, 0.25) is 0 Å². The third kappa shape index (κ3) is 2.73. The topological polar surface area (TPSA) is 58.9 Å². The summed E-state index contributed by atoms with van der Waals surface area (Å²) in [5.41, 5.74) is 5.12. The fourth-order valence-electron chi connectivity index (χ4n) is 3.24. The van der Waals surface area contributed by atoms with Gasteiger partial charge in [-0.3, -0.25) is 4.79 Å². The minimum absolute atomic E-state index is 0.0200. The number of H-pyrrole nitrogens is 1. The van der Waals surface area contributed by atoms with Gasteiger partial charge >= 0.3 is 0 Å². The summed E-state index contributed by atoms with van der Waals surface area (Å²) in [5.74, 6) is 0.938. The van der Waals surface area contributed by atoms with E-state index in [1.165, 1.54) is 0 Å². The molecule has 0 fully saturated rings. The van der Waals surface area contributed by atoms with Crippen molar-refractivity contribution in [1.82, 2.24) is 10.1 Å². The van der Waals surface area contributed by atoms with Gasteiger partial charge in [0.25, 0.3) is 0 Å². The minimum atomic E-state index is -0.0200. The zero-order valence-corrected chi connectivity index (χ0v) is 15.0. The van der Waals surface area contributed by atoms with Gasteiger partial charge in [-0.15, -0.1) is 0 Å². The van der Waals surface area contributed by atoms with Gasteiger partial charge in [0.05, 0.1) is 22.5 Å². The average Bonchev–Trinajstić information content (AvgIpc) is 3.18. The summed E-state index contributed by atoms with van der Waals surface area (Å²) >= 11 is 0. The van der Waals surface area contributed by atoms with Crippen LogP contribution in [0.3, 0.4) is 0 Å². The predicted molar refractivity (Wildman–Crippen MR) is 104 cm³/mol. The number of aryl methyl sites for hydroxylation is 1. The first-order valence-corrected chi connectivity index (χ1v) is 8.73. The van der Waals surface area contributed by atoms with Gasteiger partial charge in [0, 0.05) is 11.5 Å². The quantitative estimate of drug-likeness (QED) is 0.550. The lowest BCUT2D eigenvalue weighted by Gasteiger charge is -2.02. The van der Waals surface area contributed by atoms with Crippen molar-refractivity contribution in [3.8, 4) is 22.6 Å². The molecular weight excluding hydrogens is 324 g/mol. The number of hydrogen-bond donors (Lipinski definition) is 1. The van der Waals surface area contributed by atoms with E-state index in [-0.39, 0.29) is 11.3 Å². The first-order valence-electron chi connectivity index (χ1n) is 8.73. The molecule has 4 nitrogen and oxygen atoms in total. The molecule has 2 heterocycles. The van der Waals surface area contributed by atoms with Gasteiger partial charge in [0.2, 0.25) is 5.43 Å². The lowest BCUT2D eigenvalue weighted by Crippen LogP contribution is -1.98. The van der Waals surface area contributed by atoms with Crippen molar-refractivity contribution < 1.29 is 4.52 Å². The molecule has 26 heavy (non-hydrogen) atoms. The Morgan fingerprint density at radius 2 is 1.81 bits per heavy atom. The largest absolute Gasteiger partial charge is 0.356 e. The maximum absolute atomic E-state index is 12.9. The Balaban J connectivity index is 2.11. The van der Waals surface area contributed by atoms with Crippen molar-refractivity contribution in [3.63, 3.8) is 0 Å². The van der Waals surface area contributed by atoms with E-state index in [4.69, 9.17) is 4.52 Å². The Hall–Kier alpha value is -3.14. The maximum atomic E-state index is 12.9. The predicted octanol–water partition coefficient (Wildman–Crippen LogP) is 5.28. The fourth-order valence-corrected chi connectivity index (χ4v) is 3.24. The Morgan fingerprint density at radius 3 is 2.46 bits per heavy atom.